The van der Waals surface area contributed by atoms with Gasteiger partial charge in [-0.1, -0.05) is 36.4 Å². The molecule has 29 heavy (non-hydrogen) atoms. The van der Waals surface area contributed by atoms with Gasteiger partial charge in [0.2, 0.25) is 0 Å². The fourth-order valence-corrected chi connectivity index (χ4v) is 5.48. The zero-order valence-corrected chi connectivity index (χ0v) is 17.4. The van der Waals surface area contributed by atoms with Crippen LogP contribution < -0.4 is 14.2 Å². The molecule has 156 valence electrons. The molecule has 0 radical (unpaired) electrons. The Hall–Kier alpha value is -2.09. The first-order valence-electron chi connectivity index (χ1n) is 10.3. The third-order valence-corrected chi connectivity index (χ3v) is 7.05. The summed E-state index contributed by atoms with van der Waals surface area (Å²) >= 11 is 0. The zero-order valence-electron chi connectivity index (χ0n) is 16.6. The number of benzene rings is 2. The van der Waals surface area contributed by atoms with Gasteiger partial charge in [0.25, 0.3) is 10.2 Å². The van der Waals surface area contributed by atoms with Crippen molar-refractivity contribution in [1.29, 1.82) is 0 Å². The molecule has 4 rings (SSSR count). The number of nitrogens with two attached hydrogens (primary N) is 1. The molecule has 2 aliphatic heterocycles. The molecule has 2 N–H and O–H groups in total. The predicted molar refractivity (Wildman–Crippen MR) is 115 cm³/mol. The Morgan fingerprint density at radius 1 is 1.00 bits per heavy atom. The second kappa shape index (κ2) is 8.73. The molecule has 1 unspecified atom stereocenters. The summed E-state index contributed by atoms with van der Waals surface area (Å²) in [6.07, 6.45) is 3.73. The van der Waals surface area contributed by atoms with E-state index in [4.69, 9.17) is 9.88 Å². The van der Waals surface area contributed by atoms with Crippen molar-refractivity contribution in [2.75, 3.05) is 30.5 Å². The lowest BCUT2D eigenvalue weighted by Gasteiger charge is -2.33. The number of hydrogen-bond acceptors (Lipinski definition) is 4. The van der Waals surface area contributed by atoms with Crippen molar-refractivity contribution in [3.05, 3.63) is 60.2 Å². The van der Waals surface area contributed by atoms with Crippen molar-refractivity contribution in [2.24, 2.45) is 11.1 Å². The van der Waals surface area contributed by atoms with Gasteiger partial charge in [-0.05, 0) is 68.5 Å². The smallest absolute Gasteiger partial charge is 0.299 e. The van der Waals surface area contributed by atoms with Gasteiger partial charge in [-0.15, -0.1) is 0 Å². The molecule has 7 heteroatoms. The van der Waals surface area contributed by atoms with Crippen molar-refractivity contribution in [2.45, 2.75) is 31.7 Å². The number of anilines is 1. The van der Waals surface area contributed by atoms with Crippen molar-refractivity contribution in [3.63, 3.8) is 0 Å². The van der Waals surface area contributed by atoms with Gasteiger partial charge in [-0.2, -0.15) is 8.42 Å². The molecule has 0 aromatic heterocycles. The Morgan fingerprint density at radius 2 is 1.69 bits per heavy atom. The summed E-state index contributed by atoms with van der Waals surface area (Å²) in [5, 5.41) is 5.52. The van der Waals surface area contributed by atoms with Crippen molar-refractivity contribution in [1.82, 2.24) is 4.90 Å². The third kappa shape index (κ3) is 4.91. The summed E-state index contributed by atoms with van der Waals surface area (Å²) in [7, 11) is -3.76. The van der Waals surface area contributed by atoms with Gasteiger partial charge < -0.3 is 9.64 Å². The SMILES string of the molecule is NS(=O)(=O)N1c2ccccc2CC1CCN1CCC(COc2ccccc2)CC1. The Kier molecular flexibility index (Phi) is 6.08. The molecule has 2 aromatic rings. The molecule has 1 fully saturated rings. The molecule has 6 nitrogen and oxygen atoms in total. The largest absolute Gasteiger partial charge is 0.493 e. The van der Waals surface area contributed by atoms with E-state index >= 15 is 0 Å². The number of para-hydroxylation sites is 2. The molecule has 0 spiro atoms. The summed E-state index contributed by atoms with van der Waals surface area (Å²) < 4.78 is 31.7. The fraction of sp³-hybridized carbons (Fsp3) is 0.455. The van der Waals surface area contributed by atoms with Gasteiger partial charge in [0.05, 0.1) is 18.3 Å². The minimum absolute atomic E-state index is 0.0958. The number of likely N-dealkylation sites (tertiary alicyclic amines) is 1. The molecule has 2 aliphatic rings. The highest BCUT2D eigenvalue weighted by molar-refractivity contribution is 7.90. The van der Waals surface area contributed by atoms with E-state index in [9.17, 15) is 8.42 Å². The number of ether oxygens (including phenoxy) is 1. The van der Waals surface area contributed by atoms with Crippen molar-refractivity contribution in [3.8, 4) is 5.75 Å². The fourth-order valence-electron chi connectivity index (χ4n) is 4.44. The molecule has 1 saturated heterocycles. The van der Waals surface area contributed by atoms with E-state index in [-0.39, 0.29) is 6.04 Å². The lowest BCUT2D eigenvalue weighted by molar-refractivity contribution is 0.139. The maximum absolute atomic E-state index is 12.2. The van der Waals surface area contributed by atoms with Crippen LogP contribution >= 0.6 is 0 Å². The van der Waals surface area contributed by atoms with Crippen LogP contribution in [0.4, 0.5) is 5.69 Å². The average Bonchev–Trinajstić information content (AvgIpc) is 3.11. The molecule has 0 amide bonds. The summed E-state index contributed by atoms with van der Waals surface area (Å²) in [5.41, 5.74) is 1.79. The second-order valence-corrected chi connectivity index (χ2v) is 9.45. The Bertz CT molecular complexity index is 912. The molecular formula is C22H29N3O3S. The molecule has 1 atom stereocenters. The molecule has 0 bridgehead atoms. The highest BCUT2D eigenvalue weighted by atomic mass is 32.2. The number of fused-ring (bicyclic) bond motifs is 1. The maximum Gasteiger partial charge on any atom is 0.299 e. The van der Waals surface area contributed by atoms with Crippen LogP contribution in [0, 0.1) is 5.92 Å². The van der Waals surface area contributed by atoms with Crippen molar-refractivity contribution >= 4 is 15.9 Å². The first-order valence-corrected chi connectivity index (χ1v) is 11.8. The monoisotopic (exact) mass is 415 g/mol. The molecule has 0 saturated carbocycles. The van der Waals surface area contributed by atoms with E-state index in [2.05, 4.69) is 4.90 Å². The number of nitrogens with zero attached hydrogens (tertiary/aromatic N) is 2. The van der Waals surface area contributed by atoms with Gasteiger partial charge in [0.1, 0.15) is 5.75 Å². The number of rotatable bonds is 7. The highest BCUT2D eigenvalue weighted by Gasteiger charge is 2.35. The molecule has 2 aromatic carbocycles. The number of piperidine rings is 1. The summed E-state index contributed by atoms with van der Waals surface area (Å²) in [4.78, 5) is 2.43. The maximum atomic E-state index is 12.2. The van der Waals surface area contributed by atoms with Crippen LogP contribution in [0.2, 0.25) is 0 Å². The molecular weight excluding hydrogens is 386 g/mol. The van der Waals surface area contributed by atoms with Crippen LogP contribution in [-0.2, 0) is 16.6 Å². The lowest BCUT2D eigenvalue weighted by Crippen LogP contribution is -2.44. The van der Waals surface area contributed by atoms with Crippen LogP contribution in [0.25, 0.3) is 0 Å². The normalized spacial score (nSPS) is 20.6. The Labute approximate surface area is 173 Å². The van der Waals surface area contributed by atoms with E-state index in [1.807, 2.05) is 54.6 Å². The van der Waals surface area contributed by atoms with Crippen LogP contribution in [0.15, 0.2) is 54.6 Å². The summed E-state index contributed by atoms with van der Waals surface area (Å²) in [5.74, 6) is 1.50. The van der Waals surface area contributed by atoms with Gasteiger partial charge >= 0.3 is 0 Å². The third-order valence-electron chi connectivity index (χ3n) is 6.01. The van der Waals surface area contributed by atoms with Crippen LogP contribution in [-0.4, -0.2) is 45.6 Å². The molecule has 2 heterocycles. The van der Waals surface area contributed by atoms with E-state index < -0.39 is 10.2 Å². The van der Waals surface area contributed by atoms with Gasteiger partial charge in [0.15, 0.2) is 0 Å². The number of hydrogen-bond donors (Lipinski definition) is 1. The lowest BCUT2D eigenvalue weighted by atomic mass is 9.97. The topological polar surface area (TPSA) is 75.9 Å². The predicted octanol–water partition coefficient (Wildman–Crippen LogP) is 2.80. The quantitative estimate of drug-likeness (QED) is 0.754. The van der Waals surface area contributed by atoms with E-state index in [0.717, 1.165) is 68.9 Å². The highest BCUT2D eigenvalue weighted by Crippen LogP contribution is 2.35. The van der Waals surface area contributed by atoms with Crippen LogP contribution in [0.5, 0.6) is 5.75 Å². The minimum atomic E-state index is -3.76. The van der Waals surface area contributed by atoms with E-state index in [0.29, 0.717) is 5.92 Å². The Morgan fingerprint density at radius 3 is 2.41 bits per heavy atom. The van der Waals surface area contributed by atoms with Gasteiger partial charge in [-0.3, -0.25) is 4.31 Å². The standard InChI is InChI=1S/C22H29N3O3S/c23-29(26,27)25-20(16-19-6-4-5-9-22(19)25)12-15-24-13-10-18(11-14-24)17-28-21-7-2-1-3-8-21/h1-9,18,20H,10-17H2,(H2,23,26,27). The minimum Gasteiger partial charge on any atom is -0.493 e. The van der Waals surface area contributed by atoms with Gasteiger partial charge in [-0.25, -0.2) is 5.14 Å². The second-order valence-electron chi connectivity index (χ2n) is 8.03. The van der Waals surface area contributed by atoms with Crippen molar-refractivity contribution < 1.29 is 13.2 Å². The Balaban J connectivity index is 1.26. The molecule has 0 aliphatic carbocycles. The summed E-state index contributed by atoms with van der Waals surface area (Å²) in [6, 6.07) is 17.5. The van der Waals surface area contributed by atoms with Crippen LogP contribution in [0.3, 0.4) is 0 Å². The summed E-state index contributed by atoms with van der Waals surface area (Å²) in [6.45, 7) is 3.70. The van der Waals surface area contributed by atoms with Crippen LogP contribution in [0.1, 0.15) is 24.8 Å². The van der Waals surface area contributed by atoms with E-state index in [1.54, 1.807) is 0 Å². The van der Waals surface area contributed by atoms with E-state index in [1.165, 1.54) is 4.31 Å². The zero-order chi connectivity index (χ0) is 20.3. The first kappa shape index (κ1) is 20.2. The van der Waals surface area contributed by atoms with Gasteiger partial charge in [0, 0.05) is 6.54 Å². The first-order chi connectivity index (χ1) is 14.0. The average molecular weight is 416 g/mol.